The van der Waals surface area contributed by atoms with E-state index in [2.05, 4.69) is 39.2 Å². The minimum atomic E-state index is -0.357. The number of anilines is 3. The lowest BCUT2D eigenvalue weighted by Gasteiger charge is -2.23. The third-order valence-electron chi connectivity index (χ3n) is 4.75. The molecule has 1 aromatic heterocycles. The fraction of sp³-hybridized carbons (Fsp3) is 0.190. The molecule has 1 aliphatic rings. The molecule has 0 saturated carbocycles. The molecule has 0 fully saturated rings. The van der Waals surface area contributed by atoms with Gasteiger partial charge in [0.2, 0.25) is 0 Å². The molecule has 1 unspecified atom stereocenters. The van der Waals surface area contributed by atoms with Crippen molar-refractivity contribution >= 4 is 34.7 Å². The molecule has 2 heterocycles. The van der Waals surface area contributed by atoms with Gasteiger partial charge in [-0.2, -0.15) is 0 Å². The van der Waals surface area contributed by atoms with Gasteiger partial charge in [-0.05, 0) is 43.2 Å². The predicted octanol–water partition coefficient (Wildman–Crippen LogP) is 4.47. The van der Waals surface area contributed by atoms with Crippen LogP contribution in [0.3, 0.4) is 0 Å². The number of halogens is 1. The number of hydrogen-bond acceptors (Lipinski definition) is 5. The van der Waals surface area contributed by atoms with E-state index in [4.69, 9.17) is 16.3 Å². The molecular weight excluding hydrogens is 376 g/mol. The van der Waals surface area contributed by atoms with E-state index in [1.807, 2.05) is 12.1 Å². The summed E-state index contributed by atoms with van der Waals surface area (Å²) in [5.74, 6) is 0.856. The smallest absolute Gasteiger partial charge is 0.274 e. The minimum Gasteiger partial charge on any atom is -0.495 e. The Morgan fingerprint density at radius 1 is 1.21 bits per heavy atom. The molecular formula is C21H19ClN4O2. The number of nitrogens with one attached hydrogen (secondary N) is 1. The van der Waals surface area contributed by atoms with Crippen LogP contribution in [-0.4, -0.2) is 29.0 Å². The van der Waals surface area contributed by atoms with E-state index in [1.54, 1.807) is 24.3 Å². The molecule has 2 aromatic carbocycles. The molecule has 0 saturated heterocycles. The van der Waals surface area contributed by atoms with E-state index >= 15 is 0 Å². The Morgan fingerprint density at radius 3 is 2.86 bits per heavy atom. The molecule has 0 radical (unpaired) electrons. The largest absolute Gasteiger partial charge is 0.495 e. The molecule has 0 spiro atoms. The summed E-state index contributed by atoms with van der Waals surface area (Å²) in [6.45, 7) is 2.14. The second kappa shape index (κ2) is 7.48. The van der Waals surface area contributed by atoms with Crippen LogP contribution in [0.15, 0.2) is 54.9 Å². The topological polar surface area (TPSA) is 67.3 Å². The van der Waals surface area contributed by atoms with Gasteiger partial charge in [0.15, 0.2) is 0 Å². The Balaban J connectivity index is 1.63. The number of aromatic nitrogens is 2. The predicted molar refractivity (Wildman–Crippen MR) is 110 cm³/mol. The zero-order chi connectivity index (χ0) is 19.7. The van der Waals surface area contributed by atoms with Crippen LogP contribution >= 0.6 is 11.6 Å². The summed E-state index contributed by atoms with van der Waals surface area (Å²) >= 11 is 6.04. The summed E-state index contributed by atoms with van der Waals surface area (Å²) in [5, 5.41) is 3.31. The normalized spacial score (nSPS) is 15.2. The molecule has 1 N–H and O–H groups in total. The average molecular weight is 395 g/mol. The Morgan fingerprint density at radius 2 is 2.04 bits per heavy atom. The molecule has 4 rings (SSSR count). The highest BCUT2D eigenvalue weighted by Crippen LogP contribution is 2.37. The monoisotopic (exact) mass is 394 g/mol. The van der Waals surface area contributed by atoms with Crippen molar-refractivity contribution in [1.29, 1.82) is 0 Å². The molecule has 6 nitrogen and oxygen atoms in total. The molecule has 0 aliphatic carbocycles. The summed E-state index contributed by atoms with van der Waals surface area (Å²) in [5.41, 5.74) is 3.13. The third kappa shape index (κ3) is 3.39. The summed E-state index contributed by atoms with van der Waals surface area (Å²) in [4.78, 5) is 23.4. The maximum atomic E-state index is 12.8. The van der Waals surface area contributed by atoms with E-state index < -0.39 is 0 Å². The first kappa shape index (κ1) is 18.3. The lowest BCUT2D eigenvalue weighted by Crippen LogP contribution is -2.25. The Hall–Kier alpha value is -3.12. The first-order chi connectivity index (χ1) is 13.6. The summed E-state index contributed by atoms with van der Waals surface area (Å²) in [6, 6.07) is 15.2. The summed E-state index contributed by atoms with van der Waals surface area (Å²) in [6.07, 6.45) is 2.34. The highest BCUT2D eigenvalue weighted by molar-refractivity contribution is 6.31. The molecule has 0 bridgehead atoms. The molecule has 3 aromatic rings. The van der Waals surface area contributed by atoms with Crippen molar-refractivity contribution in [3.05, 3.63) is 71.1 Å². The van der Waals surface area contributed by atoms with E-state index in [0.717, 1.165) is 12.1 Å². The van der Waals surface area contributed by atoms with Gasteiger partial charge in [0.05, 0.1) is 12.8 Å². The van der Waals surface area contributed by atoms with E-state index in [1.165, 1.54) is 19.0 Å². The third-order valence-corrected chi connectivity index (χ3v) is 4.98. The molecule has 7 heteroatoms. The van der Waals surface area contributed by atoms with Gasteiger partial charge in [0.1, 0.15) is 23.6 Å². The SMILES string of the molecule is COc1ccc(Cl)cc1NC(=O)c1cc(N2c3ccccc3CC2C)ncn1. The Labute approximate surface area is 168 Å². The number of carbonyl (C=O) groups is 1. The van der Waals surface area contributed by atoms with Crippen LogP contribution in [0, 0.1) is 0 Å². The van der Waals surface area contributed by atoms with Crippen LogP contribution < -0.4 is 15.0 Å². The van der Waals surface area contributed by atoms with Crippen LogP contribution in [0.1, 0.15) is 23.0 Å². The van der Waals surface area contributed by atoms with Crippen LogP contribution in [-0.2, 0) is 6.42 Å². The van der Waals surface area contributed by atoms with Crippen molar-refractivity contribution in [1.82, 2.24) is 9.97 Å². The van der Waals surface area contributed by atoms with Gasteiger partial charge in [-0.1, -0.05) is 29.8 Å². The first-order valence-electron chi connectivity index (χ1n) is 8.91. The number of nitrogens with zero attached hydrogens (tertiary/aromatic N) is 3. The molecule has 1 atom stereocenters. The minimum absolute atomic E-state index is 0.247. The van der Waals surface area contributed by atoms with Crippen LogP contribution in [0.4, 0.5) is 17.2 Å². The summed E-state index contributed by atoms with van der Waals surface area (Å²) < 4.78 is 5.28. The fourth-order valence-electron chi connectivity index (χ4n) is 3.48. The first-order valence-corrected chi connectivity index (χ1v) is 9.28. The van der Waals surface area contributed by atoms with Gasteiger partial charge < -0.3 is 15.0 Å². The van der Waals surface area contributed by atoms with E-state index in [0.29, 0.717) is 22.3 Å². The second-order valence-electron chi connectivity index (χ2n) is 6.61. The zero-order valence-corrected chi connectivity index (χ0v) is 16.3. The zero-order valence-electron chi connectivity index (χ0n) is 15.5. The van der Waals surface area contributed by atoms with Crippen LogP contribution in [0.25, 0.3) is 0 Å². The number of methoxy groups -OCH3 is 1. The van der Waals surface area contributed by atoms with Gasteiger partial charge in [0, 0.05) is 22.8 Å². The molecule has 1 amide bonds. The number of hydrogen-bond donors (Lipinski definition) is 1. The number of carbonyl (C=O) groups excluding carboxylic acids is 1. The van der Waals surface area contributed by atoms with Gasteiger partial charge in [-0.25, -0.2) is 9.97 Å². The van der Waals surface area contributed by atoms with Gasteiger partial charge in [-0.15, -0.1) is 0 Å². The number of amides is 1. The number of benzene rings is 2. The van der Waals surface area contributed by atoms with Crippen LogP contribution in [0.2, 0.25) is 5.02 Å². The van der Waals surface area contributed by atoms with Crippen LogP contribution in [0.5, 0.6) is 5.75 Å². The van der Waals surface area contributed by atoms with Gasteiger partial charge in [-0.3, -0.25) is 4.79 Å². The Kier molecular flexibility index (Phi) is 4.88. The van der Waals surface area contributed by atoms with Crippen molar-refractivity contribution < 1.29 is 9.53 Å². The second-order valence-corrected chi connectivity index (χ2v) is 7.05. The van der Waals surface area contributed by atoms with E-state index in [9.17, 15) is 4.79 Å². The average Bonchev–Trinajstić information content (AvgIpc) is 3.04. The Bertz CT molecular complexity index is 1040. The quantitative estimate of drug-likeness (QED) is 0.707. The number of fused-ring (bicyclic) bond motifs is 1. The summed E-state index contributed by atoms with van der Waals surface area (Å²) in [7, 11) is 1.54. The number of rotatable bonds is 4. The van der Waals surface area contributed by atoms with Crippen molar-refractivity contribution in [2.75, 3.05) is 17.3 Å². The highest BCUT2D eigenvalue weighted by Gasteiger charge is 2.28. The lowest BCUT2D eigenvalue weighted by molar-refractivity contribution is 0.102. The van der Waals surface area contributed by atoms with Crippen molar-refractivity contribution in [2.24, 2.45) is 0 Å². The van der Waals surface area contributed by atoms with Gasteiger partial charge >= 0.3 is 0 Å². The lowest BCUT2D eigenvalue weighted by atomic mass is 10.1. The number of ether oxygens (including phenoxy) is 1. The van der Waals surface area contributed by atoms with E-state index in [-0.39, 0.29) is 17.6 Å². The highest BCUT2D eigenvalue weighted by atomic mass is 35.5. The molecule has 28 heavy (non-hydrogen) atoms. The standard InChI is InChI=1S/C21H19ClN4O2/c1-13-9-14-5-3-4-6-18(14)26(13)20-11-17(23-12-24-20)21(27)25-16-10-15(22)7-8-19(16)28-2/h3-8,10-13H,9H2,1-2H3,(H,25,27). The van der Waals surface area contributed by atoms with Crippen molar-refractivity contribution in [2.45, 2.75) is 19.4 Å². The van der Waals surface area contributed by atoms with Crippen molar-refractivity contribution in [3.63, 3.8) is 0 Å². The molecule has 1 aliphatic heterocycles. The van der Waals surface area contributed by atoms with Gasteiger partial charge in [0.25, 0.3) is 5.91 Å². The number of para-hydroxylation sites is 1. The van der Waals surface area contributed by atoms with Crippen molar-refractivity contribution in [3.8, 4) is 5.75 Å². The fourth-order valence-corrected chi connectivity index (χ4v) is 3.65. The molecule has 142 valence electrons. The maximum Gasteiger partial charge on any atom is 0.274 e. The maximum absolute atomic E-state index is 12.8.